The molecule has 84 valence electrons. The fourth-order valence-corrected chi connectivity index (χ4v) is 1.15. The second kappa shape index (κ2) is 5.12. The predicted octanol–water partition coefficient (Wildman–Crippen LogP) is 2.14. The molecular weight excluding hydrogens is 190 g/mol. The van der Waals surface area contributed by atoms with E-state index in [-0.39, 0.29) is 12.0 Å². The third-order valence-corrected chi connectivity index (χ3v) is 2.15. The van der Waals surface area contributed by atoms with Gasteiger partial charge in [0.05, 0.1) is 6.61 Å². The Morgan fingerprint density at radius 2 is 2.07 bits per heavy atom. The van der Waals surface area contributed by atoms with Crippen LogP contribution in [0.25, 0.3) is 0 Å². The van der Waals surface area contributed by atoms with Gasteiger partial charge in [0, 0.05) is 25.3 Å². The molecule has 0 spiro atoms. The van der Waals surface area contributed by atoms with E-state index in [2.05, 4.69) is 25.8 Å². The summed E-state index contributed by atoms with van der Waals surface area (Å²) in [6.07, 6.45) is 2.48. The number of aliphatic hydroxyl groups excluding tert-OH is 1. The summed E-state index contributed by atoms with van der Waals surface area (Å²) in [4.78, 5) is 4.21. The Balaban J connectivity index is 2.57. The van der Waals surface area contributed by atoms with Gasteiger partial charge in [0.15, 0.2) is 0 Å². The van der Waals surface area contributed by atoms with Gasteiger partial charge in [-0.05, 0) is 11.0 Å². The lowest BCUT2D eigenvalue weighted by molar-refractivity contribution is 0.229. The van der Waals surface area contributed by atoms with Crippen molar-refractivity contribution in [2.75, 3.05) is 13.2 Å². The number of ether oxygens (including phenoxy) is 1. The van der Waals surface area contributed by atoms with Crippen LogP contribution in [0, 0.1) is 0 Å². The Labute approximate surface area is 91.1 Å². The van der Waals surface area contributed by atoms with Crippen LogP contribution in [0.1, 0.15) is 32.8 Å². The van der Waals surface area contributed by atoms with E-state index in [1.54, 1.807) is 0 Å². The molecule has 3 heteroatoms. The van der Waals surface area contributed by atoms with Crippen LogP contribution in [0.15, 0.2) is 18.3 Å². The number of rotatable bonds is 4. The third-order valence-electron chi connectivity index (χ3n) is 2.15. The van der Waals surface area contributed by atoms with Crippen LogP contribution >= 0.6 is 0 Å². The van der Waals surface area contributed by atoms with Crippen molar-refractivity contribution >= 4 is 0 Å². The van der Waals surface area contributed by atoms with Crippen molar-refractivity contribution in [3.63, 3.8) is 0 Å². The van der Waals surface area contributed by atoms with Crippen molar-refractivity contribution in [2.45, 2.75) is 32.6 Å². The van der Waals surface area contributed by atoms with Crippen molar-refractivity contribution in [3.05, 3.63) is 23.9 Å². The van der Waals surface area contributed by atoms with E-state index in [9.17, 15) is 0 Å². The zero-order valence-corrected chi connectivity index (χ0v) is 9.66. The van der Waals surface area contributed by atoms with Gasteiger partial charge in [-0.2, -0.15) is 0 Å². The molecule has 0 aliphatic rings. The molecule has 15 heavy (non-hydrogen) atoms. The largest absolute Gasteiger partial charge is 0.478 e. The quantitative estimate of drug-likeness (QED) is 0.772. The zero-order valence-electron chi connectivity index (χ0n) is 9.66. The monoisotopic (exact) mass is 209 g/mol. The maximum absolute atomic E-state index is 8.59. The van der Waals surface area contributed by atoms with Crippen LogP contribution in [-0.2, 0) is 5.41 Å². The van der Waals surface area contributed by atoms with Crippen LogP contribution < -0.4 is 4.74 Å². The number of pyridine rings is 1. The Morgan fingerprint density at radius 3 is 2.53 bits per heavy atom. The van der Waals surface area contributed by atoms with Gasteiger partial charge in [-0.25, -0.2) is 4.98 Å². The summed E-state index contributed by atoms with van der Waals surface area (Å²) >= 11 is 0. The van der Waals surface area contributed by atoms with E-state index < -0.39 is 0 Å². The smallest absolute Gasteiger partial charge is 0.213 e. The normalized spacial score (nSPS) is 11.5. The summed E-state index contributed by atoms with van der Waals surface area (Å²) in [5, 5.41) is 8.59. The molecule has 1 N–H and O–H groups in total. The molecule has 0 amide bonds. The van der Waals surface area contributed by atoms with Gasteiger partial charge in [-0.3, -0.25) is 0 Å². The number of hydrogen-bond donors (Lipinski definition) is 1. The molecule has 1 rings (SSSR count). The molecule has 0 aliphatic heterocycles. The molecule has 0 unspecified atom stereocenters. The van der Waals surface area contributed by atoms with E-state index in [1.165, 1.54) is 5.56 Å². The minimum atomic E-state index is 0.122. The molecule has 0 saturated carbocycles. The third kappa shape index (κ3) is 3.88. The van der Waals surface area contributed by atoms with Gasteiger partial charge < -0.3 is 9.84 Å². The van der Waals surface area contributed by atoms with Gasteiger partial charge >= 0.3 is 0 Å². The summed E-state index contributed by atoms with van der Waals surface area (Å²) in [5.41, 5.74) is 1.31. The van der Waals surface area contributed by atoms with Gasteiger partial charge in [-0.1, -0.05) is 26.8 Å². The van der Waals surface area contributed by atoms with E-state index in [0.717, 1.165) is 0 Å². The van der Waals surface area contributed by atoms with Crippen LogP contribution in [0.3, 0.4) is 0 Å². The van der Waals surface area contributed by atoms with Crippen molar-refractivity contribution in [1.29, 1.82) is 0 Å². The highest BCUT2D eigenvalue weighted by molar-refractivity contribution is 5.23. The SMILES string of the molecule is CC(C)(C)c1ccc(OCCCO)nc1. The summed E-state index contributed by atoms with van der Waals surface area (Å²) < 4.78 is 5.34. The summed E-state index contributed by atoms with van der Waals surface area (Å²) in [5.74, 6) is 0.622. The van der Waals surface area contributed by atoms with Gasteiger partial charge in [0.2, 0.25) is 5.88 Å². The highest BCUT2D eigenvalue weighted by Crippen LogP contribution is 2.22. The predicted molar refractivity (Wildman–Crippen MR) is 60.1 cm³/mol. The lowest BCUT2D eigenvalue weighted by atomic mass is 9.88. The Bertz CT molecular complexity index is 287. The number of hydrogen-bond acceptors (Lipinski definition) is 3. The highest BCUT2D eigenvalue weighted by Gasteiger charge is 2.13. The lowest BCUT2D eigenvalue weighted by Gasteiger charge is -2.18. The standard InChI is InChI=1S/C12H19NO2/c1-12(2,3)10-5-6-11(13-9-10)15-8-4-7-14/h5-6,9,14H,4,7-8H2,1-3H3. The minimum absolute atomic E-state index is 0.122. The molecule has 0 bridgehead atoms. The second-order valence-corrected chi connectivity index (χ2v) is 4.56. The van der Waals surface area contributed by atoms with E-state index in [0.29, 0.717) is 18.9 Å². The van der Waals surface area contributed by atoms with Gasteiger partial charge in [0.25, 0.3) is 0 Å². The fourth-order valence-electron chi connectivity index (χ4n) is 1.15. The first-order valence-electron chi connectivity index (χ1n) is 5.24. The first-order chi connectivity index (χ1) is 7.04. The van der Waals surface area contributed by atoms with Crippen LogP contribution in [0.2, 0.25) is 0 Å². The van der Waals surface area contributed by atoms with E-state index in [1.807, 2.05) is 18.3 Å². The van der Waals surface area contributed by atoms with E-state index >= 15 is 0 Å². The Kier molecular flexibility index (Phi) is 4.09. The molecule has 1 heterocycles. The molecule has 0 aromatic carbocycles. The maximum Gasteiger partial charge on any atom is 0.213 e. The zero-order chi connectivity index (χ0) is 11.3. The van der Waals surface area contributed by atoms with Crippen molar-refractivity contribution in [3.8, 4) is 5.88 Å². The van der Waals surface area contributed by atoms with Gasteiger partial charge in [-0.15, -0.1) is 0 Å². The average Bonchev–Trinajstić information content (AvgIpc) is 2.18. The summed E-state index contributed by atoms with van der Waals surface area (Å²) in [6.45, 7) is 7.11. The van der Waals surface area contributed by atoms with Crippen molar-refractivity contribution < 1.29 is 9.84 Å². The van der Waals surface area contributed by atoms with Crippen LogP contribution in [-0.4, -0.2) is 23.3 Å². The summed E-state index contributed by atoms with van der Waals surface area (Å²) in [6, 6.07) is 3.90. The van der Waals surface area contributed by atoms with E-state index in [4.69, 9.17) is 9.84 Å². The molecule has 3 nitrogen and oxygen atoms in total. The molecule has 0 fully saturated rings. The fraction of sp³-hybridized carbons (Fsp3) is 0.583. The van der Waals surface area contributed by atoms with Gasteiger partial charge in [0.1, 0.15) is 0 Å². The molecule has 0 aliphatic carbocycles. The van der Waals surface area contributed by atoms with Crippen LogP contribution in [0.5, 0.6) is 5.88 Å². The van der Waals surface area contributed by atoms with Crippen molar-refractivity contribution in [2.24, 2.45) is 0 Å². The highest BCUT2D eigenvalue weighted by atomic mass is 16.5. The minimum Gasteiger partial charge on any atom is -0.478 e. The molecule has 0 radical (unpaired) electrons. The molecule has 1 aromatic heterocycles. The molecule has 0 atom stereocenters. The van der Waals surface area contributed by atoms with Crippen LogP contribution in [0.4, 0.5) is 0 Å². The number of aromatic nitrogens is 1. The van der Waals surface area contributed by atoms with Crippen molar-refractivity contribution in [1.82, 2.24) is 4.98 Å². The maximum atomic E-state index is 8.59. The number of aliphatic hydroxyl groups is 1. The molecule has 1 aromatic rings. The second-order valence-electron chi connectivity index (χ2n) is 4.56. The summed E-state index contributed by atoms with van der Waals surface area (Å²) in [7, 11) is 0. The molecular formula is C12H19NO2. The Hall–Kier alpha value is -1.09. The first-order valence-corrected chi connectivity index (χ1v) is 5.24. The first kappa shape index (κ1) is 12.0. The lowest BCUT2D eigenvalue weighted by Crippen LogP contribution is -2.11. The average molecular weight is 209 g/mol. The topological polar surface area (TPSA) is 42.4 Å². The Morgan fingerprint density at radius 1 is 1.33 bits per heavy atom. The molecule has 0 saturated heterocycles. The number of nitrogens with zero attached hydrogens (tertiary/aromatic N) is 1.